The topological polar surface area (TPSA) is 126 Å². The first-order chi connectivity index (χ1) is 18.1. The Labute approximate surface area is 222 Å². The van der Waals surface area contributed by atoms with Gasteiger partial charge in [-0.15, -0.1) is 11.3 Å². The first-order valence-electron chi connectivity index (χ1n) is 11.8. The van der Waals surface area contributed by atoms with Crippen LogP contribution in [-0.2, 0) is 6.54 Å². The van der Waals surface area contributed by atoms with Gasteiger partial charge in [-0.1, -0.05) is 0 Å². The van der Waals surface area contributed by atoms with Gasteiger partial charge in [0.25, 0.3) is 11.8 Å². The Morgan fingerprint density at radius 2 is 2.00 bits per heavy atom. The summed E-state index contributed by atoms with van der Waals surface area (Å²) in [5.41, 5.74) is 1.29. The first kappa shape index (κ1) is 25.3. The van der Waals surface area contributed by atoms with Crippen LogP contribution < -0.4 is 10.2 Å². The molecule has 4 heterocycles. The molecule has 0 fully saturated rings. The summed E-state index contributed by atoms with van der Waals surface area (Å²) in [6.07, 6.45) is 4.75. The number of rotatable bonds is 7. The van der Waals surface area contributed by atoms with Crippen molar-refractivity contribution in [3.8, 4) is 10.6 Å². The van der Waals surface area contributed by atoms with Gasteiger partial charge in [-0.2, -0.15) is 0 Å². The highest BCUT2D eigenvalue weighted by Gasteiger charge is 2.23. The molecule has 0 saturated carbocycles. The molecular weight excluding hydrogens is 504 g/mol. The predicted molar refractivity (Wildman–Crippen MR) is 146 cm³/mol. The second-order valence-corrected chi connectivity index (χ2v) is 10.6. The van der Waals surface area contributed by atoms with E-state index in [1.807, 2.05) is 6.07 Å². The van der Waals surface area contributed by atoms with Crippen LogP contribution in [0.4, 0.5) is 11.6 Å². The van der Waals surface area contributed by atoms with E-state index < -0.39 is 5.60 Å². The van der Waals surface area contributed by atoms with Gasteiger partial charge in [0.2, 0.25) is 5.95 Å². The van der Waals surface area contributed by atoms with Crippen LogP contribution in [0.2, 0.25) is 0 Å². The predicted octanol–water partition coefficient (Wildman–Crippen LogP) is 4.76. The van der Waals surface area contributed by atoms with Gasteiger partial charge < -0.3 is 19.0 Å². The minimum absolute atomic E-state index is 0.190. The van der Waals surface area contributed by atoms with E-state index in [1.165, 1.54) is 22.4 Å². The van der Waals surface area contributed by atoms with Gasteiger partial charge in [0, 0.05) is 32.1 Å². The Hall–Kier alpha value is -4.35. The maximum Gasteiger partial charge on any atom is 0.268 e. The fraction of sp³-hybridized carbons (Fsp3) is 0.222. The monoisotopic (exact) mass is 530 g/mol. The average Bonchev–Trinajstić information content (AvgIpc) is 3.62. The van der Waals surface area contributed by atoms with E-state index in [2.05, 4.69) is 20.3 Å². The molecule has 11 heteroatoms. The quantitative estimate of drug-likeness (QED) is 0.311. The Morgan fingerprint density at radius 1 is 1.18 bits per heavy atom. The Morgan fingerprint density at radius 3 is 2.68 bits per heavy atom. The molecule has 0 aliphatic heterocycles. The number of nitrogens with one attached hydrogen (secondary N) is 1. The molecule has 2 N–H and O–H groups in total. The molecule has 0 aliphatic rings. The lowest BCUT2D eigenvalue weighted by molar-refractivity contribution is 0.0630. The van der Waals surface area contributed by atoms with Crippen LogP contribution in [0, 0.1) is 6.92 Å². The molecule has 0 atom stereocenters. The minimum atomic E-state index is -1.07. The summed E-state index contributed by atoms with van der Waals surface area (Å²) in [7, 11) is 1.68. The van der Waals surface area contributed by atoms with Crippen LogP contribution in [0.5, 0.6) is 0 Å². The van der Waals surface area contributed by atoms with E-state index in [4.69, 9.17) is 4.42 Å². The van der Waals surface area contributed by atoms with Gasteiger partial charge in [-0.25, -0.2) is 9.97 Å². The summed E-state index contributed by atoms with van der Waals surface area (Å²) in [6, 6.07) is 12.3. The lowest BCUT2D eigenvalue weighted by Gasteiger charge is -2.20. The molecule has 1 aromatic carbocycles. The molecule has 38 heavy (non-hydrogen) atoms. The highest BCUT2D eigenvalue weighted by Crippen LogP contribution is 2.31. The molecular formula is C27H26N6O4S. The van der Waals surface area contributed by atoms with Crippen molar-refractivity contribution in [3.63, 3.8) is 0 Å². The maximum atomic E-state index is 13.2. The van der Waals surface area contributed by atoms with Crippen LogP contribution in [0.15, 0.2) is 65.5 Å². The van der Waals surface area contributed by atoms with E-state index >= 15 is 0 Å². The molecule has 4 aromatic heterocycles. The molecule has 0 radical (unpaired) electrons. The van der Waals surface area contributed by atoms with Gasteiger partial charge in [-0.05, 0) is 56.3 Å². The number of anilines is 2. The van der Waals surface area contributed by atoms with Crippen LogP contribution >= 0.6 is 11.3 Å². The number of imidazole rings is 1. The van der Waals surface area contributed by atoms with E-state index in [9.17, 15) is 14.7 Å². The van der Waals surface area contributed by atoms with E-state index in [-0.39, 0.29) is 24.3 Å². The molecule has 0 unspecified atom stereocenters. The smallest absolute Gasteiger partial charge is 0.268 e. The highest BCUT2D eigenvalue weighted by molar-refractivity contribution is 7.17. The number of carbonyl (C=O) groups is 2. The number of thiophene rings is 1. The number of aromatic nitrogens is 4. The standard InChI is InChI=1S/C27H26N6O4S/c1-16-29-14-21(37-16)22-9-10-23(38-22)24(34)31-26-30-19-12-18(7-8-20(19)33(26)15-27(2,3)36)32(4)25(35)17-6-5-11-28-13-17/h5-14,36H,15H2,1-4H3,(H,30,31,34). The summed E-state index contributed by atoms with van der Waals surface area (Å²) in [5, 5.41) is 13.4. The summed E-state index contributed by atoms with van der Waals surface area (Å²) >= 11 is 1.28. The first-order valence-corrected chi connectivity index (χ1v) is 12.7. The lowest BCUT2D eigenvalue weighted by Crippen LogP contribution is -2.27. The third-order valence-corrected chi connectivity index (χ3v) is 6.90. The Bertz CT molecular complexity index is 1630. The zero-order chi connectivity index (χ0) is 27.0. The SMILES string of the molecule is Cc1ncc(-c2ccc(C(=O)Nc3nc4cc(N(C)C(=O)c5cccnc5)ccc4n3CC(C)(C)O)s2)o1. The number of hydrogen-bond donors (Lipinski definition) is 2. The largest absolute Gasteiger partial charge is 0.440 e. The van der Waals surface area contributed by atoms with E-state index in [0.717, 1.165) is 4.88 Å². The van der Waals surface area contributed by atoms with Crippen LogP contribution in [0.1, 0.15) is 39.8 Å². The highest BCUT2D eigenvalue weighted by atomic mass is 32.1. The van der Waals surface area contributed by atoms with Crippen molar-refractivity contribution in [2.75, 3.05) is 17.3 Å². The fourth-order valence-corrected chi connectivity index (χ4v) is 4.85. The zero-order valence-corrected chi connectivity index (χ0v) is 22.1. The summed E-state index contributed by atoms with van der Waals surface area (Å²) in [5.74, 6) is 0.882. The fourth-order valence-electron chi connectivity index (χ4n) is 4.00. The Kier molecular flexibility index (Phi) is 6.55. The number of hydrogen-bond acceptors (Lipinski definition) is 8. The van der Waals surface area contributed by atoms with Gasteiger partial charge in [-0.3, -0.25) is 19.9 Å². The van der Waals surface area contributed by atoms with Crippen molar-refractivity contribution < 1.29 is 19.1 Å². The number of aryl methyl sites for hydroxylation is 1. The van der Waals surface area contributed by atoms with Gasteiger partial charge >= 0.3 is 0 Å². The number of nitrogens with zero attached hydrogens (tertiary/aromatic N) is 5. The van der Waals surface area contributed by atoms with Crippen molar-refractivity contribution in [2.24, 2.45) is 0 Å². The molecule has 0 bridgehead atoms. The van der Waals surface area contributed by atoms with Crippen molar-refractivity contribution in [1.82, 2.24) is 19.5 Å². The summed E-state index contributed by atoms with van der Waals surface area (Å²) in [4.78, 5) is 41.6. The molecule has 0 saturated heterocycles. The number of aliphatic hydroxyl groups is 1. The van der Waals surface area contributed by atoms with Crippen LogP contribution in [0.25, 0.3) is 21.7 Å². The van der Waals surface area contributed by atoms with Crippen molar-refractivity contribution >= 4 is 45.8 Å². The van der Waals surface area contributed by atoms with Crippen LogP contribution in [-0.4, -0.2) is 49.1 Å². The van der Waals surface area contributed by atoms with Crippen molar-refractivity contribution in [3.05, 3.63) is 77.4 Å². The molecule has 2 amide bonds. The second-order valence-electron chi connectivity index (χ2n) is 9.47. The third kappa shape index (κ3) is 5.20. The number of amides is 2. The Balaban J connectivity index is 1.46. The third-order valence-electron chi connectivity index (χ3n) is 5.80. The van der Waals surface area contributed by atoms with Gasteiger partial charge in [0.15, 0.2) is 11.7 Å². The van der Waals surface area contributed by atoms with Gasteiger partial charge in [0.1, 0.15) is 0 Å². The second kappa shape index (κ2) is 9.84. The number of oxazole rings is 1. The molecule has 10 nitrogen and oxygen atoms in total. The lowest BCUT2D eigenvalue weighted by atomic mass is 10.1. The van der Waals surface area contributed by atoms with Gasteiger partial charge in [0.05, 0.1) is 44.7 Å². The molecule has 5 rings (SSSR count). The average molecular weight is 531 g/mol. The number of pyridine rings is 1. The van der Waals surface area contributed by atoms with E-state index in [0.29, 0.717) is 38.8 Å². The molecule has 5 aromatic rings. The zero-order valence-electron chi connectivity index (χ0n) is 21.3. The molecule has 0 spiro atoms. The van der Waals surface area contributed by atoms with Crippen molar-refractivity contribution in [1.29, 1.82) is 0 Å². The molecule has 194 valence electrons. The van der Waals surface area contributed by atoms with Crippen LogP contribution in [0.3, 0.4) is 0 Å². The minimum Gasteiger partial charge on any atom is -0.440 e. The number of fused-ring (bicyclic) bond motifs is 1. The number of carbonyl (C=O) groups excluding carboxylic acids is 2. The molecule has 0 aliphatic carbocycles. The van der Waals surface area contributed by atoms with E-state index in [1.54, 1.807) is 81.2 Å². The number of benzene rings is 1. The normalized spacial score (nSPS) is 11.6. The van der Waals surface area contributed by atoms with Crippen molar-refractivity contribution in [2.45, 2.75) is 32.9 Å². The maximum absolute atomic E-state index is 13.2. The summed E-state index contributed by atoms with van der Waals surface area (Å²) in [6.45, 7) is 5.32. The summed E-state index contributed by atoms with van der Waals surface area (Å²) < 4.78 is 7.32.